The molecule has 0 bridgehead atoms. The van der Waals surface area contributed by atoms with Crippen LogP contribution in [0.3, 0.4) is 0 Å². The molecule has 2 saturated carbocycles. The van der Waals surface area contributed by atoms with Crippen LogP contribution >= 0.6 is 21.6 Å². The van der Waals surface area contributed by atoms with Gasteiger partial charge in [0, 0.05) is 24.4 Å². The van der Waals surface area contributed by atoms with Crippen LogP contribution in [0.5, 0.6) is 11.5 Å². The van der Waals surface area contributed by atoms with E-state index in [2.05, 4.69) is 0 Å². The third kappa shape index (κ3) is 7.17. The summed E-state index contributed by atoms with van der Waals surface area (Å²) in [4.78, 5) is 24.6. The minimum atomic E-state index is -1.70. The smallest absolute Gasteiger partial charge is 0.335 e. The molecule has 0 unspecified atom stereocenters. The fraction of sp³-hybridized carbons (Fsp3) is 0.700. The second-order valence-electron chi connectivity index (χ2n) is 16.6. The summed E-state index contributed by atoms with van der Waals surface area (Å²) >= 11 is 0. The zero-order valence-electron chi connectivity index (χ0n) is 31.0. The highest BCUT2D eigenvalue weighted by Gasteiger charge is 2.60. The maximum absolute atomic E-state index is 12.5. The van der Waals surface area contributed by atoms with Gasteiger partial charge in [0.1, 0.15) is 41.4 Å². The number of hydrogen-bond donors (Lipinski definition) is 6. The van der Waals surface area contributed by atoms with Gasteiger partial charge in [-0.15, -0.1) is 0 Å². The first kappa shape index (κ1) is 40.1. The molecule has 54 heavy (non-hydrogen) atoms. The largest absolute Gasteiger partial charge is 0.506 e. The van der Waals surface area contributed by atoms with Crippen molar-refractivity contribution in [3.63, 3.8) is 0 Å². The molecule has 2 aromatic carbocycles. The van der Waals surface area contributed by atoms with Crippen molar-refractivity contribution < 1.29 is 59.2 Å². The lowest BCUT2D eigenvalue weighted by atomic mass is 9.51. The van der Waals surface area contributed by atoms with Crippen LogP contribution < -0.4 is 4.74 Å². The summed E-state index contributed by atoms with van der Waals surface area (Å²) in [6.45, 7) is 3.86. The quantitative estimate of drug-likeness (QED) is 0.146. The monoisotopic (exact) mass is 790 g/mol. The maximum Gasteiger partial charge on any atom is 0.335 e. The number of ether oxygens (including phenoxy) is 4. The summed E-state index contributed by atoms with van der Waals surface area (Å²) in [5.41, 5.74) is -1.07. The van der Waals surface area contributed by atoms with E-state index in [-0.39, 0.29) is 51.6 Å². The number of rotatable bonds is 8. The highest BCUT2D eigenvalue weighted by atomic mass is 33.1. The predicted molar refractivity (Wildman–Crippen MR) is 204 cm³/mol. The number of phenols is 1. The molecule has 298 valence electrons. The van der Waals surface area contributed by atoms with Crippen LogP contribution in [0, 0.1) is 35.5 Å². The number of aromatic carboxylic acids is 1. The van der Waals surface area contributed by atoms with E-state index in [9.17, 15) is 40.2 Å². The Labute approximate surface area is 323 Å². The Balaban J connectivity index is 1.22. The number of fused-ring (bicyclic) bond motifs is 1. The number of carboxylic acid groups (broad SMARTS) is 1. The number of carbonyl (C=O) groups excluding carboxylic acids is 1. The summed E-state index contributed by atoms with van der Waals surface area (Å²) in [5.74, 6) is -0.275. The van der Waals surface area contributed by atoms with Gasteiger partial charge in [0.2, 0.25) is 6.29 Å². The molecule has 2 spiro atoms. The number of phenolic OH excluding ortho intramolecular Hbond substituents is 1. The molecule has 0 amide bonds. The van der Waals surface area contributed by atoms with E-state index in [1.165, 1.54) is 55.5 Å². The van der Waals surface area contributed by atoms with Crippen molar-refractivity contribution in [2.75, 3.05) is 38.1 Å². The van der Waals surface area contributed by atoms with Gasteiger partial charge in [-0.3, -0.25) is 4.79 Å². The van der Waals surface area contributed by atoms with Gasteiger partial charge in [0.25, 0.3) is 0 Å². The number of carboxylic acids is 1. The SMILES string of the molecule is CC(=O)c1c(C)cc2cc(C(=O)O)cc(O[C@@H]3O[C@H](CO)[C@]4(CC[C@@H]5CC6(CCCC6)C[C@H]6COC[C@](CCCO)(CSSCO4)[C@H]56)[C@H](O)[C@H]3O)c2c1O. The zero-order chi connectivity index (χ0) is 38.4. The summed E-state index contributed by atoms with van der Waals surface area (Å²) in [7, 11) is 3.19. The molecule has 2 aliphatic carbocycles. The Morgan fingerprint density at radius 1 is 1.04 bits per heavy atom. The van der Waals surface area contributed by atoms with Crippen LogP contribution in [-0.4, -0.2) is 111 Å². The second-order valence-corrected chi connectivity index (χ2v) is 19.0. The molecule has 5 aliphatic rings. The van der Waals surface area contributed by atoms with Crippen molar-refractivity contribution in [2.24, 2.45) is 28.6 Å². The van der Waals surface area contributed by atoms with Crippen molar-refractivity contribution in [1.29, 1.82) is 0 Å². The first-order valence-corrected chi connectivity index (χ1v) is 21.8. The second kappa shape index (κ2) is 16.0. The van der Waals surface area contributed by atoms with E-state index < -0.39 is 54.3 Å². The number of hydrogen-bond acceptors (Lipinski definition) is 13. The summed E-state index contributed by atoms with van der Waals surface area (Å²) in [5, 5.41) is 66.3. The molecular formula is C40H54O12S2. The molecule has 14 heteroatoms. The number of benzene rings is 2. The zero-order valence-corrected chi connectivity index (χ0v) is 32.7. The summed E-state index contributed by atoms with van der Waals surface area (Å²) in [6, 6.07) is 4.11. The van der Waals surface area contributed by atoms with Crippen LogP contribution in [0.15, 0.2) is 18.2 Å². The van der Waals surface area contributed by atoms with Gasteiger partial charge in [0.15, 0.2) is 5.78 Å². The lowest BCUT2D eigenvalue weighted by molar-refractivity contribution is -0.323. The van der Waals surface area contributed by atoms with E-state index in [0.29, 0.717) is 55.3 Å². The number of aliphatic hydroxyl groups excluding tert-OH is 4. The highest BCUT2D eigenvalue weighted by Crippen LogP contribution is 2.62. The first-order valence-electron chi connectivity index (χ1n) is 19.3. The number of Topliss-reactive ketones (excluding diaryl/α,β-unsaturated/α-hetero) is 1. The summed E-state index contributed by atoms with van der Waals surface area (Å²) in [6.07, 6.45) is 3.49. The molecule has 5 fully saturated rings. The van der Waals surface area contributed by atoms with Gasteiger partial charge >= 0.3 is 5.97 Å². The molecule has 7 rings (SSSR count). The molecule has 3 aliphatic heterocycles. The van der Waals surface area contributed by atoms with Crippen LogP contribution in [0.2, 0.25) is 0 Å². The lowest BCUT2D eigenvalue weighted by Gasteiger charge is -2.58. The van der Waals surface area contributed by atoms with Gasteiger partial charge in [-0.1, -0.05) is 40.5 Å². The van der Waals surface area contributed by atoms with Gasteiger partial charge in [-0.05, 0) is 111 Å². The molecule has 0 radical (unpaired) electrons. The third-order valence-corrected chi connectivity index (χ3v) is 15.6. The number of carbonyl (C=O) groups is 2. The Morgan fingerprint density at radius 2 is 1.80 bits per heavy atom. The Bertz CT molecular complexity index is 1710. The molecular weight excluding hydrogens is 737 g/mol. The molecule has 2 aromatic rings. The average Bonchev–Trinajstić information content (AvgIpc) is 3.57. The van der Waals surface area contributed by atoms with Crippen LogP contribution in [0.1, 0.15) is 97.4 Å². The highest BCUT2D eigenvalue weighted by molar-refractivity contribution is 8.76. The molecule has 3 saturated heterocycles. The third-order valence-electron chi connectivity index (χ3n) is 13.4. The first-order chi connectivity index (χ1) is 25.9. The fourth-order valence-corrected chi connectivity index (χ4v) is 13.6. The van der Waals surface area contributed by atoms with Crippen LogP contribution in [0.4, 0.5) is 0 Å². The Morgan fingerprint density at radius 3 is 2.50 bits per heavy atom. The van der Waals surface area contributed by atoms with E-state index in [0.717, 1.165) is 25.0 Å². The normalized spacial score (nSPS) is 35.4. The van der Waals surface area contributed by atoms with Crippen molar-refractivity contribution in [1.82, 2.24) is 0 Å². The van der Waals surface area contributed by atoms with Crippen molar-refractivity contribution in [2.45, 2.75) is 108 Å². The number of aromatic hydroxyl groups is 1. The van der Waals surface area contributed by atoms with Crippen molar-refractivity contribution in [3.05, 3.63) is 34.9 Å². The van der Waals surface area contributed by atoms with Crippen molar-refractivity contribution in [3.8, 4) is 11.5 Å². The summed E-state index contributed by atoms with van der Waals surface area (Å²) < 4.78 is 25.4. The van der Waals surface area contributed by atoms with E-state index in [1.54, 1.807) is 23.8 Å². The lowest BCUT2D eigenvalue weighted by Crippen LogP contribution is -2.69. The van der Waals surface area contributed by atoms with Gasteiger partial charge in [0.05, 0.1) is 29.7 Å². The fourth-order valence-electron chi connectivity index (χ4n) is 11.2. The standard InChI is InChI=1S/C40H54O12S2/c1-22-12-25-13-26(36(47)48)14-28(31(25)33(44)30(22)23(2)43)51-37-34(45)35(46)40(29(17-42)52-37)10-6-24-15-38(7-3-4-8-38)16-27-18-49-19-39(32(24)27,9-5-11-41)20-53-54-21-50-40/h12-14,24,27,29,32,34-35,37,41-42,44-46H,3-11,15-21H2,1-2H3,(H,47,48)/t24-,27+,29-,32-,34-,35-,37-,39-,40-/m1/s1. The predicted octanol–water partition coefficient (Wildman–Crippen LogP) is 5.45. The topological polar surface area (TPSA) is 192 Å². The van der Waals surface area contributed by atoms with E-state index in [4.69, 9.17) is 18.9 Å². The molecule has 12 nitrogen and oxygen atoms in total. The average molecular weight is 791 g/mol. The van der Waals surface area contributed by atoms with Crippen molar-refractivity contribution >= 4 is 44.1 Å². The van der Waals surface area contributed by atoms with E-state index >= 15 is 0 Å². The maximum atomic E-state index is 12.5. The van der Waals surface area contributed by atoms with Gasteiger partial charge < -0.3 is 49.6 Å². The van der Waals surface area contributed by atoms with Crippen LogP contribution in [-0.2, 0) is 14.2 Å². The Hall–Kier alpha value is -2.14. The van der Waals surface area contributed by atoms with Gasteiger partial charge in [-0.25, -0.2) is 4.79 Å². The molecule has 3 heterocycles. The number of ketones is 1. The van der Waals surface area contributed by atoms with E-state index in [1.807, 2.05) is 0 Å². The molecule has 0 aromatic heterocycles. The minimum Gasteiger partial charge on any atom is -0.506 e. The number of aryl methyl sites for hydroxylation is 1. The van der Waals surface area contributed by atoms with Gasteiger partial charge in [-0.2, -0.15) is 0 Å². The number of aliphatic hydroxyl groups is 4. The molecule has 9 atom stereocenters. The minimum absolute atomic E-state index is 0.0446. The Kier molecular flexibility index (Phi) is 11.9. The molecule has 6 N–H and O–H groups in total. The van der Waals surface area contributed by atoms with Crippen LogP contribution in [0.25, 0.3) is 10.8 Å².